The van der Waals surface area contributed by atoms with Gasteiger partial charge in [-0.1, -0.05) is 17.3 Å². The molecule has 1 atom stereocenters. The van der Waals surface area contributed by atoms with Crippen LogP contribution in [0, 0.1) is 0 Å². The normalized spacial score (nSPS) is 12.0. The van der Waals surface area contributed by atoms with Gasteiger partial charge in [0.15, 0.2) is 5.82 Å². The summed E-state index contributed by atoms with van der Waals surface area (Å²) >= 11 is 5.33. The minimum Gasteiger partial charge on any atom is -0.339 e. The number of benzene rings is 1. The standard InChI is InChI=1S/C14H18BrN3OS.ClH/c1-10(16-2)9-13-17-14(19-18-13)7-8-20-12-6-4-3-5-11(12)15;/h3-6,10,16H,7-9H2,1-2H3;1H. The fourth-order valence-corrected chi connectivity index (χ4v) is 3.17. The number of rotatable bonds is 7. The zero-order valence-corrected chi connectivity index (χ0v) is 15.2. The smallest absolute Gasteiger partial charge is 0.227 e. The Kier molecular flexibility index (Phi) is 8.33. The molecule has 0 aliphatic rings. The molecule has 0 spiro atoms. The number of likely N-dealkylation sites (N-methyl/N-ethyl adjacent to an activating group) is 1. The molecule has 1 heterocycles. The van der Waals surface area contributed by atoms with E-state index in [2.05, 4.69) is 44.4 Å². The van der Waals surface area contributed by atoms with Crippen molar-refractivity contribution in [2.24, 2.45) is 0 Å². The molecule has 0 amide bonds. The molecular weight excluding hydrogens is 374 g/mol. The van der Waals surface area contributed by atoms with Gasteiger partial charge in [0.25, 0.3) is 0 Å². The molecule has 0 saturated heterocycles. The van der Waals surface area contributed by atoms with Gasteiger partial charge in [0.1, 0.15) is 0 Å². The highest BCUT2D eigenvalue weighted by atomic mass is 79.9. The molecule has 0 aliphatic carbocycles. The van der Waals surface area contributed by atoms with Gasteiger partial charge in [-0.05, 0) is 42.0 Å². The summed E-state index contributed by atoms with van der Waals surface area (Å²) in [5, 5.41) is 7.17. The van der Waals surface area contributed by atoms with Crippen LogP contribution in [0.4, 0.5) is 0 Å². The zero-order valence-electron chi connectivity index (χ0n) is 12.0. The van der Waals surface area contributed by atoms with Crippen molar-refractivity contribution >= 4 is 40.1 Å². The number of hydrogen-bond acceptors (Lipinski definition) is 5. The van der Waals surface area contributed by atoms with Crippen LogP contribution in [-0.2, 0) is 12.8 Å². The molecule has 7 heteroatoms. The van der Waals surface area contributed by atoms with Crippen molar-refractivity contribution in [3.05, 3.63) is 40.5 Å². The van der Waals surface area contributed by atoms with Crippen molar-refractivity contribution in [1.82, 2.24) is 15.5 Å². The highest BCUT2D eigenvalue weighted by Gasteiger charge is 2.09. The molecule has 21 heavy (non-hydrogen) atoms. The van der Waals surface area contributed by atoms with Crippen molar-refractivity contribution in [2.75, 3.05) is 12.8 Å². The van der Waals surface area contributed by atoms with Crippen LogP contribution in [0.25, 0.3) is 0 Å². The van der Waals surface area contributed by atoms with Crippen molar-refractivity contribution in [1.29, 1.82) is 0 Å². The monoisotopic (exact) mass is 391 g/mol. The Morgan fingerprint density at radius 3 is 2.86 bits per heavy atom. The van der Waals surface area contributed by atoms with E-state index >= 15 is 0 Å². The van der Waals surface area contributed by atoms with Gasteiger partial charge >= 0.3 is 0 Å². The Labute approximate surface area is 144 Å². The highest BCUT2D eigenvalue weighted by Crippen LogP contribution is 2.27. The molecule has 0 radical (unpaired) electrons. The largest absolute Gasteiger partial charge is 0.339 e. The van der Waals surface area contributed by atoms with E-state index in [4.69, 9.17) is 4.52 Å². The van der Waals surface area contributed by atoms with Gasteiger partial charge in [0.05, 0.1) is 0 Å². The summed E-state index contributed by atoms with van der Waals surface area (Å²) in [6, 6.07) is 8.56. The van der Waals surface area contributed by atoms with E-state index in [1.54, 1.807) is 11.8 Å². The van der Waals surface area contributed by atoms with Crippen LogP contribution in [0.2, 0.25) is 0 Å². The van der Waals surface area contributed by atoms with Crippen LogP contribution in [-0.4, -0.2) is 29.0 Å². The molecule has 1 aromatic carbocycles. The number of aromatic nitrogens is 2. The maximum atomic E-state index is 5.26. The number of aryl methyl sites for hydroxylation is 1. The Balaban J connectivity index is 0.00000220. The van der Waals surface area contributed by atoms with Crippen LogP contribution in [0.3, 0.4) is 0 Å². The highest BCUT2D eigenvalue weighted by molar-refractivity contribution is 9.10. The fraction of sp³-hybridized carbons (Fsp3) is 0.429. The zero-order chi connectivity index (χ0) is 14.4. The maximum Gasteiger partial charge on any atom is 0.227 e. The molecule has 0 fully saturated rings. The predicted octanol–water partition coefficient (Wildman–Crippen LogP) is 3.74. The van der Waals surface area contributed by atoms with E-state index < -0.39 is 0 Å². The molecule has 116 valence electrons. The molecule has 1 unspecified atom stereocenters. The van der Waals surface area contributed by atoms with Crippen molar-refractivity contribution in [3.63, 3.8) is 0 Å². The van der Waals surface area contributed by atoms with Crippen molar-refractivity contribution in [2.45, 2.75) is 30.7 Å². The Bertz CT molecular complexity index is 553. The second-order valence-electron chi connectivity index (χ2n) is 4.53. The predicted molar refractivity (Wildman–Crippen MR) is 92.3 cm³/mol. The maximum absolute atomic E-state index is 5.26. The van der Waals surface area contributed by atoms with E-state index in [1.165, 1.54) is 4.90 Å². The SMILES string of the molecule is CNC(C)Cc1noc(CCSc2ccccc2Br)n1.Cl. The minimum absolute atomic E-state index is 0. The van der Waals surface area contributed by atoms with Gasteiger partial charge in [-0.15, -0.1) is 24.2 Å². The van der Waals surface area contributed by atoms with Crippen LogP contribution in [0.5, 0.6) is 0 Å². The molecular formula is C14H19BrClN3OS. The van der Waals surface area contributed by atoms with Crippen LogP contribution < -0.4 is 5.32 Å². The third-order valence-electron chi connectivity index (χ3n) is 2.90. The number of thioether (sulfide) groups is 1. The van der Waals surface area contributed by atoms with E-state index in [9.17, 15) is 0 Å². The molecule has 4 nitrogen and oxygen atoms in total. The summed E-state index contributed by atoms with van der Waals surface area (Å²) in [5.41, 5.74) is 0. The average molecular weight is 393 g/mol. The Morgan fingerprint density at radius 1 is 1.38 bits per heavy atom. The molecule has 2 rings (SSSR count). The van der Waals surface area contributed by atoms with Gasteiger partial charge in [0.2, 0.25) is 5.89 Å². The van der Waals surface area contributed by atoms with Crippen LogP contribution in [0.1, 0.15) is 18.6 Å². The molecule has 1 N–H and O–H groups in total. The van der Waals surface area contributed by atoms with Gasteiger partial charge < -0.3 is 9.84 Å². The van der Waals surface area contributed by atoms with Gasteiger partial charge in [-0.2, -0.15) is 4.98 Å². The van der Waals surface area contributed by atoms with E-state index in [1.807, 2.05) is 25.2 Å². The lowest BCUT2D eigenvalue weighted by atomic mass is 10.2. The van der Waals surface area contributed by atoms with Crippen molar-refractivity contribution < 1.29 is 4.52 Å². The topological polar surface area (TPSA) is 51.0 Å². The lowest BCUT2D eigenvalue weighted by Gasteiger charge is -2.04. The second kappa shape index (κ2) is 9.46. The summed E-state index contributed by atoms with van der Waals surface area (Å²) in [7, 11) is 1.93. The summed E-state index contributed by atoms with van der Waals surface area (Å²) in [6.45, 7) is 2.10. The van der Waals surface area contributed by atoms with Gasteiger partial charge in [0, 0.05) is 34.0 Å². The lowest BCUT2D eigenvalue weighted by molar-refractivity contribution is 0.375. The molecule has 0 saturated carbocycles. The van der Waals surface area contributed by atoms with E-state index in [0.717, 1.165) is 28.9 Å². The number of halogens is 2. The molecule has 0 aliphatic heterocycles. The molecule has 2 aromatic rings. The number of nitrogens with zero attached hydrogens (tertiary/aromatic N) is 2. The second-order valence-corrected chi connectivity index (χ2v) is 6.52. The summed E-state index contributed by atoms with van der Waals surface area (Å²) in [4.78, 5) is 5.64. The first kappa shape index (κ1) is 18.5. The quantitative estimate of drug-likeness (QED) is 0.727. The summed E-state index contributed by atoms with van der Waals surface area (Å²) < 4.78 is 6.39. The minimum atomic E-state index is 0. The fourth-order valence-electron chi connectivity index (χ4n) is 1.66. The van der Waals surface area contributed by atoms with Gasteiger partial charge in [-0.3, -0.25) is 0 Å². The first-order valence-corrected chi connectivity index (χ1v) is 8.33. The van der Waals surface area contributed by atoms with E-state index in [-0.39, 0.29) is 12.4 Å². The first-order valence-electron chi connectivity index (χ1n) is 6.55. The van der Waals surface area contributed by atoms with Crippen LogP contribution in [0.15, 0.2) is 38.2 Å². The number of nitrogens with one attached hydrogen (secondary N) is 1. The molecule has 0 bridgehead atoms. The first-order chi connectivity index (χ1) is 9.69. The third-order valence-corrected chi connectivity index (χ3v) is 4.93. The van der Waals surface area contributed by atoms with Crippen LogP contribution >= 0.6 is 40.1 Å². The number of hydrogen-bond donors (Lipinski definition) is 1. The van der Waals surface area contributed by atoms with Gasteiger partial charge in [-0.25, -0.2) is 0 Å². The molecule has 1 aromatic heterocycles. The summed E-state index contributed by atoms with van der Waals surface area (Å²) in [5.74, 6) is 2.40. The summed E-state index contributed by atoms with van der Waals surface area (Å²) in [6.07, 6.45) is 1.57. The average Bonchev–Trinajstić information content (AvgIpc) is 2.88. The Morgan fingerprint density at radius 2 is 2.14 bits per heavy atom. The van der Waals surface area contributed by atoms with E-state index in [0.29, 0.717) is 11.9 Å². The van der Waals surface area contributed by atoms with Crippen molar-refractivity contribution in [3.8, 4) is 0 Å². The lowest BCUT2D eigenvalue weighted by Crippen LogP contribution is -2.24. The Hall–Kier alpha value is -0.560. The third kappa shape index (κ3) is 5.98.